The molecule has 19 heavy (non-hydrogen) atoms. The van der Waals surface area contributed by atoms with Crippen LogP contribution in [0.3, 0.4) is 0 Å². The van der Waals surface area contributed by atoms with Crippen LogP contribution in [0, 0.1) is 13.8 Å². The highest BCUT2D eigenvalue weighted by Gasteiger charge is 2.02. The number of benzene rings is 1. The summed E-state index contributed by atoms with van der Waals surface area (Å²) in [5.41, 5.74) is 3.51. The van der Waals surface area contributed by atoms with Crippen LogP contribution in [0.5, 0.6) is 5.75 Å². The molecule has 4 heteroatoms. The van der Waals surface area contributed by atoms with Crippen molar-refractivity contribution in [2.75, 3.05) is 13.7 Å². The van der Waals surface area contributed by atoms with Crippen LogP contribution in [0.4, 0.5) is 0 Å². The van der Waals surface area contributed by atoms with Gasteiger partial charge < -0.3 is 14.6 Å². The summed E-state index contributed by atoms with van der Waals surface area (Å²) in [5.74, 6) is 0.919. The van der Waals surface area contributed by atoms with Crippen molar-refractivity contribution in [3.8, 4) is 5.75 Å². The lowest BCUT2D eigenvalue weighted by atomic mass is 10.2. The second-order valence-electron chi connectivity index (χ2n) is 4.63. The number of rotatable bonds is 6. The van der Waals surface area contributed by atoms with Gasteiger partial charge in [0.2, 0.25) is 0 Å². The zero-order valence-corrected chi connectivity index (χ0v) is 11.8. The van der Waals surface area contributed by atoms with E-state index < -0.39 is 0 Å². The SMILES string of the molecule is CNCc1cccc(OCCn2cnc(C)c2C)c1. The summed E-state index contributed by atoms with van der Waals surface area (Å²) in [6, 6.07) is 8.18. The Kier molecular flexibility index (Phi) is 4.58. The maximum Gasteiger partial charge on any atom is 0.119 e. The van der Waals surface area contributed by atoms with E-state index in [-0.39, 0.29) is 0 Å². The smallest absolute Gasteiger partial charge is 0.119 e. The molecule has 0 unspecified atom stereocenters. The Balaban J connectivity index is 1.88. The minimum atomic E-state index is 0.652. The van der Waals surface area contributed by atoms with Gasteiger partial charge >= 0.3 is 0 Å². The quantitative estimate of drug-likeness (QED) is 0.865. The monoisotopic (exact) mass is 259 g/mol. The van der Waals surface area contributed by atoms with E-state index in [9.17, 15) is 0 Å². The highest BCUT2D eigenvalue weighted by molar-refractivity contribution is 5.28. The molecule has 2 rings (SSSR count). The summed E-state index contributed by atoms with van der Waals surface area (Å²) in [6.07, 6.45) is 1.87. The number of hydrogen-bond acceptors (Lipinski definition) is 3. The van der Waals surface area contributed by atoms with E-state index in [1.807, 2.05) is 32.4 Å². The van der Waals surface area contributed by atoms with Gasteiger partial charge in [-0.25, -0.2) is 4.98 Å². The lowest BCUT2D eigenvalue weighted by molar-refractivity contribution is 0.297. The highest BCUT2D eigenvalue weighted by Crippen LogP contribution is 2.13. The van der Waals surface area contributed by atoms with Gasteiger partial charge in [0.1, 0.15) is 12.4 Å². The summed E-state index contributed by atoms with van der Waals surface area (Å²) in [7, 11) is 1.94. The Bertz CT molecular complexity index is 534. The Morgan fingerprint density at radius 2 is 2.16 bits per heavy atom. The first-order chi connectivity index (χ1) is 9.20. The number of hydrogen-bond donors (Lipinski definition) is 1. The Hall–Kier alpha value is -1.81. The molecular weight excluding hydrogens is 238 g/mol. The molecule has 0 aliphatic carbocycles. The number of nitrogens with zero attached hydrogens (tertiary/aromatic N) is 2. The molecule has 2 aromatic rings. The molecular formula is C15H21N3O. The standard InChI is InChI=1S/C15H21N3O/c1-12-13(2)18(11-17-12)7-8-19-15-6-4-5-14(9-15)10-16-3/h4-6,9,11,16H,7-8,10H2,1-3H3. The molecule has 1 aromatic carbocycles. The van der Waals surface area contributed by atoms with Crippen molar-refractivity contribution in [2.45, 2.75) is 26.9 Å². The molecule has 0 saturated heterocycles. The van der Waals surface area contributed by atoms with Crippen LogP contribution in [0.15, 0.2) is 30.6 Å². The van der Waals surface area contributed by atoms with Gasteiger partial charge in [0.15, 0.2) is 0 Å². The fourth-order valence-corrected chi connectivity index (χ4v) is 1.98. The van der Waals surface area contributed by atoms with Gasteiger partial charge in [-0.1, -0.05) is 12.1 Å². The van der Waals surface area contributed by atoms with Crippen LogP contribution in [0.2, 0.25) is 0 Å². The molecule has 0 fully saturated rings. The van der Waals surface area contributed by atoms with Gasteiger partial charge in [0.25, 0.3) is 0 Å². The van der Waals surface area contributed by atoms with Crippen LogP contribution in [-0.4, -0.2) is 23.2 Å². The number of aromatic nitrogens is 2. The second-order valence-corrected chi connectivity index (χ2v) is 4.63. The molecule has 102 valence electrons. The first-order valence-corrected chi connectivity index (χ1v) is 6.55. The van der Waals surface area contributed by atoms with Crippen LogP contribution in [0.1, 0.15) is 17.0 Å². The summed E-state index contributed by atoms with van der Waals surface area (Å²) in [4.78, 5) is 4.28. The van der Waals surface area contributed by atoms with E-state index >= 15 is 0 Å². The van der Waals surface area contributed by atoms with Crippen LogP contribution < -0.4 is 10.1 Å². The minimum Gasteiger partial charge on any atom is -0.492 e. The van der Waals surface area contributed by atoms with Gasteiger partial charge in [-0.05, 0) is 38.6 Å². The zero-order chi connectivity index (χ0) is 13.7. The minimum absolute atomic E-state index is 0.652. The maximum absolute atomic E-state index is 5.78. The van der Waals surface area contributed by atoms with Gasteiger partial charge in [-0.3, -0.25) is 0 Å². The predicted octanol–water partition coefficient (Wildman–Crippen LogP) is 2.30. The molecule has 0 atom stereocenters. The highest BCUT2D eigenvalue weighted by atomic mass is 16.5. The van der Waals surface area contributed by atoms with Crippen molar-refractivity contribution in [2.24, 2.45) is 0 Å². The molecule has 0 spiro atoms. The predicted molar refractivity (Wildman–Crippen MR) is 76.4 cm³/mol. The van der Waals surface area contributed by atoms with Crippen LogP contribution >= 0.6 is 0 Å². The summed E-state index contributed by atoms with van der Waals surface area (Å²) >= 11 is 0. The van der Waals surface area contributed by atoms with Gasteiger partial charge in [0.05, 0.1) is 18.6 Å². The molecule has 0 aliphatic rings. The number of ether oxygens (including phenoxy) is 1. The number of imidazole rings is 1. The van der Waals surface area contributed by atoms with Crippen molar-refractivity contribution < 1.29 is 4.74 Å². The molecule has 0 radical (unpaired) electrons. The molecule has 1 N–H and O–H groups in total. The van der Waals surface area contributed by atoms with Gasteiger partial charge in [0, 0.05) is 12.2 Å². The van der Waals surface area contributed by atoms with E-state index in [0.29, 0.717) is 6.61 Å². The summed E-state index contributed by atoms with van der Waals surface area (Å²) < 4.78 is 7.90. The van der Waals surface area contributed by atoms with Gasteiger partial charge in [-0.15, -0.1) is 0 Å². The lowest BCUT2D eigenvalue weighted by Crippen LogP contribution is -2.09. The number of aryl methyl sites for hydroxylation is 1. The third kappa shape index (κ3) is 3.58. The fraction of sp³-hybridized carbons (Fsp3) is 0.400. The number of nitrogens with one attached hydrogen (secondary N) is 1. The van der Waals surface area contributed by atoms with Crippen LogP contribution in [0.25, 0.3) is 0 Å². The van der Waals surface area contributed by atoms with Crippen LogP contribution in [-0.2, 0) is 13.1 Å². The summed E-state index contributed by atoms with van der Waals surface area (Å²) in [5, 5.41) is 3.14. The largest absolute Gasteiger partial charge is 0.492 e. The first-order valence-electron chi connectivity index (χ1n) is 6.55. The average molecular weight is 259 g/mol. The summed E-state index contributed by atoms with van der Waals surface area (Å²) in [6.45, 7) is 6.43. The average Bonchev–Trinajstić information content (AvgIpc) is 2.72. The molecule has 1 heterocycles. The molecule has 0 amide bonds. The van der Waals surface area contributed by atoms with Crippen molar-refractivity contribution in [3.05, 3.63) is 47.5 Å². The Morgan fingerprint density at radius 1 is 1.32 bits per heavy atom. The topological polar surface area (TPSA) is 39.1 Å². The molecule has 0 bridgehead atoms. The van der Waals surface area contributed by atoms with E-state index in [0.717, 1.165) is 24.5 Å². The normalized spacial score (nSPS) is 10.7. The first kappa shape index (κ1) is 13.6. The maximum atomic E-state index is 5.78. The van der Waals surface area contributed by atoms with E-state index in [4.69, 9.17) is 4.74 Å². The van der Waals surface area contributed by atoms with Crippen molar-refractivity contribution >= 4 is 0 Å². The van der Waals surface area contributed by atoms with Crippen molar-refractivity contribution in [1.82, 2.24) is 14.9 Å². The molecule has 0 aliphatic heterocycles. The third-order valence-corrected chi connectivity index (χ3v) is 3.23. The lowest BCUT2D eigenvalue weighted by Gasteiger charge is -2.09. The van der Waals surface area contributed by atoms with E-state index in [2.05, 4.69) is 33.9 Å². The zero-order valence-electron chi connectivity index (χ0n) is 11.8. The fourth-order valence-electron chi connectivity index (χ4n) is 1.98. The van der Waals surface area contributed by atoms with Gasteiger partial charge in [-0.2, -0.15) is 0 Å². The molecule has 0 saturated carbocycles. The van der Waals surface area contributed by atoms with Crippen molar-refractivity contribution in [1.29, 1.82) is 0 Å². The molecule has 1 aromatic heterocycles. The Morgan fingerprint density at radius 3 is 2.84 bits per heavy atom. The van der Waals surface area contributed by atoms with E-state index in [1.54, 1.807) is 0 Å². The Labute approximate surface area is 114 Å². The molecule has 4 nitrogen and oxygen atoms in total. The van der Waals surface area contributed by atoms with E-state index in [1.165, 1.54) is 11.3 Å². The third-order valence-electron chi connectivity index (χ3n) is 3.23. The van der Waals surface area contributed by atoms with Crippen molar-refractivity contribution in [3.63, 3.8) is 0 Å². The second kappa shape index (κ2) is 6.38.